The minimum absolute atomic E-state index is 0.0579. The van der Waals surface area contributed by atoms with Gasteiger partial charge in [-0.25, -0.2) is 0 Å². The van der Waals surface area contributed by atoms with Crippen LogP contribution in [0.1, 0.15) is 11.1 Å². The molecule has 0 radical (unpaired) electrons. The summed E-state index contributed by atoms with van der Waals surface area (Å²) in [6.07, 6.45) is 0. The molecule has 0 saturated heterocycles. The number of halogens is 1. The number of nitrogens with one attached hydrogen (secondary N) is 1. The standard InChI is InChI=1S/C15H16ClNO2/c1-19-15-7-4-13(16)8-12(15)9-17-14-5-2-11(10-18)3-6-14/h2-8,17-18H,9-10H2,1H3. The highest BCUT2D eigenvalue weighted by molar-refractivity contribution is 6.30. The van der Waals surface area contributed by atoms with Crippen LogP contribution in [0.3, 0.4) is 0 Å². The highest BCUT2D eigenvalue weighted by Gasteiger charge is 2.03. The third kappa shape index (κ3) is 3.63. The number of anilines is 1. The normalized spacial score (nSPS) is 10.3. The predicted molar refractivity (Wildman–Crippen MR) is 77.7 cm³/mol. The maximum absolute atomic E-state index is 8.98. The van der Waals surface area contributed by atoms with Crippen LogP contribution in [0.5, 0.6) is 5.75 Å². The van der Waals surface area contributed by atoms with E-state index in [1.165, 1.54) is 0 Å². The predicted octanol–water partition coefficient (Wildman–Crippen LogP) is 3.45. The summed E-state index contributed by atoms with van der Waals surface area (Å²) in [4.78, 5) is 0. The first kappa shape index (κ1) is 13.7. The third-order valence-corrected chi connectivity index (χ3v) is 3.10. The second kappa shape index (κ2) is 6.45. The van der Waals surface area contributed by atoms with Gasteiger partial charge in [-0.15, -0.1) is 0 Å². The molecular weight excluding hydrogens is 262 g/mol. The second-order valence-corrected chi connectivity index (χ2v) is 4.60. The fraction of sp³-hybridized carbons (Fsp3) is 0.200. The minimum atomic E-state index is 0.0579. The van der Waals surface area contributed by atoms with Crippen molar-refractivity contribution in [1.82, 2.24) is 0 Å². The summed E-state index contributed by atoms with van der Waals surface area (Å²) < 4.78 is 5.29. The van der Waals surface area contributed by atoms with Gasteiger partial charge in [-0.2, -0.15) is 0 Å². The van der Waals surface area contributed by atoms with E-state index in [4.69, 9.17) is 21.4 Å². The molecule has 0 aromatic heterocycles. The van der Waals surface area contributed by atoms with Gasteiger partial charge in [-0.1, -0.05) is 23.7 Å². The Kier molecular flexibility index (Phi) is 4.66. The summed E-state index contributed by atoms with van der Waals surface area (Å²) in [5.41, 5.74) is 2.88. The molecule has 0 atom stereocenters. The van der Waals surface area contributed by atoms with Gasteiger partial charge in [0, 0.05) is 22.8 Å². The lowest BCUT2D eigenvalue weighted by Gasteiger charge is -2.11. The van der Waals surface area contributed by atoms with Gasteiger partial charge >= 0.3 is 0 Å². The van der Waals surface area contributed by atoms with E-state index in [0.717, 1.165) is 22.6 Å². The lowest BCUT2D eigenvalue weighted by atomic mass is 10.2. The topological polar surface area (TPSA) is 41.5 Å². The molecule has 0 unspecified atom stereocenters. The van der Waals surface area contributed by atoms with Gasteiger partial charge in [-0.3, -0.25) is 0 Å². The highest BCUT2D eigenvalue weighted by Crippen LogP contribution is 2.23. The van der Waals surface area contributed by atoms with Crippen LogP contribution in [0, 0.1) is 0 Å². The number of aliphatic hydroxyl groups excluding tert-OH is 1. The Morgan fingerprint density at radius 3 is 2.53 bits per heavy atom. The zero-order valence-electron chi connectivity index (χ0n) is 10.7. The van der Waals surface area contributed by atoms with E-state index in [1.54, 1.807) is 13.2 Å². The van der Waals surface area contributed by atoms with Gasteiger partial charge in [0.2, 0.25) is 0 Å². The van der Waals surface area contributed by atoms with E-state index in [0.29, 0.717) is 11.6 Å². The lowest BCUT2D eigenvalue weighted by molar-refractivity contribution is 0.282. The maximum Gasteiger partial charge on any atom is 0.123 e. The molecular formula is C15H16ClNO2. The Morgan fingerprint density at radius 1 is 1.16 bits per heavy atom. The van der Waals surface area contributed by atoms with Crippen LogP contribution in [0.25, 0.3) is 0 Å². The number of benzene rings is 2. The molecule has 2 aromatic carbocycles. The lowest BCUT2D eigenvalue weighted by Crippen LogP contribution is -2.01. The van der Waals surface area contributed by atoms with E-state index < -0.39 is 0 Å². The number of hydrogen-bond donors (Lipinski definition) is 2. The van der Waals surface area contributed by atoms with Crippen molar-refractivity contribution in [3.8, 4) is 5.75 Å². The minimum Gasteiger partial charge on any atom is -0.496 e. The van der Waals surface area contributed by atoms with Crippen molar-refractivity contribution in [2.75, 3.05) is 12.4 Å². The van der Waals surface area contributed by atoms with Gasteiger partial charge in [0.1, 0.15) is 5.75 Å². The number of rotatable bonds is 5. The van der Waals surface area contributed by atoms with E-state index in [-0.39, 0.29) is 6.61 Å². The summed E-state index contributed by atoms with van der Waals surface area (Å²) in [5.74, 6) is 0.809. The van der Waals surface area contributed by atoms with Crippen molar-refractivity contribution >= 4 is 17.3 Å². The Labute approximate surface area is 117 Å². The first-order chi connectivity index (χ1) is 9.22. The molecule has 3 nitrogen and oxygen atoms in total. The van der Waals surface area contributed by atoms with Gasteiger partial charge in [0.25, 0.3) is 0 Å². The van der Waals surface area contributed by atoms with E-state index in [2.05, 4.69) is 5.32 Å². The van der Waals surface area contributed by atoms with Crippen LogP contribution in [0.4, 0.5) is 5.69 Å². The van der Waals surface area contributed by atoms with Crippen molar-refractivity contribution in [3.63, 3.8) is 0 Å². The highest BCUT2D eigenvalue weighted by atomic mass is 35.5. The Morgan fingerprint density at radius 2 is 1.89 bits per heavy atom. The fourth-order valence-electron chi connectivity index (χ4n) is 1.81. The molecule has 0 amide bonds. The SMILES string of the molecule is COc1ccc(Cl)cc1CNc1ccc(CO)cc1. The Bertz CT molecular complexity index is 540. The first-order valence-electron chi connectivity index (χ1n) is 5.99. The van der Waals surface area contributed by atoms with Crippen LogP contribution in [-0.2, 0) is 13.2 Å². The zero-order valence-corrected chi connectivity index (χ0v) is 11.4. The average Bonchev–Trinajstić information content (AvgIpc) is 2.46. The molecule has 0 aliphatic rings. The zero-order chi connectivity index (χ0) is 13.7. The van der Waals surface area contributed by atoms with Crippen LogP contribution >= 0.6 is 11.6 Å². The van der Waals surface area contributed by atoms with Crippen LogP contribution < -0.4 is 10.1 Å². The van der Waals surface area contributed by atoms with Crippen LogP contribution in [0.2, 0.25) is 5.02 Å². The van der Waals surface area contributed by atoms with Gasteiger partial charge in [-0.05, 0) is 35.9 Å². The smallest absolute Gasteiger partial charge is 0.123 e. The summed E-state index contributed by atoms with van der Waals surface area (Å²) in [5, 5.41) is 13.0. The summed E-state index contributed by atoms with van der Waals surface area (Å²) in [6.45, 7) is 0.685. The summed E-state index contributed by atoms with van der Waals surface area (Å²) in [7, 11) is 1.64. The van der Waals surface area contributed by atoms with Crippen LogP contribution in [-0.4, -0.2) is 12.2 Å². The number of ether oxygens (including phenoxy) is 1. The molecule has 2 rings (SSSR count). The molecule has 4 heteroatoms. The monoisotopic (exact) mass is 277 g/mol. The fourth-order valence-corrected chi connectivity index (χ4v) is 2.01. The molecule has 0 aliphatic carbocycles. The Balaban J connectivity index is 2.07. The summed E-state index contributed by atoms with van der Waals surface area (Å²) in [6, 6.07) is 13.2. The van der Waals surface area contributed by atoms with E-state index in [1.807, 2.05) is 36.4 Å². The molecule has 19 heavy (non-hydrogen) atoms. The second-order valence-electron chi connectivity index (χ2n) is 4.16. The van der Waals surface area contributed by atoms with Gasteiger partial charge in [0.05, 0.1) is 13.7 Å². The van der Waals surface area contributed by atoms with Crippen LogP contribution in [0.15, 0.2) is 42.5 Å². The van der Waals surface area contributed by atoms with Crippen molar-refractivity contribution in [2.24, 2.45) is 0 Å². The van der Waals surface area contributed by atoms with E-state index >= 15 is 0 Å². The molecule has 0 fully saturated rings. The first-order valence-corrected chi connectivity index (χ1v) is 6.37. The number of methoxy groups -OCH3 is 1. The third-order valence-electron chi connectivity index (χ3n) is 2.86. The molecule has 100 valence electrons. The molecule has 0 spiro atoms. The number of aliphatic hydroxyl groups is 1. The van der Waals surface area contributed by atoms with Crippen molar-refractivity contribution in [2.45, 2.75) is 13.2 Å². The maximum atomic E-state index is 8.98. The largest absolute Gasteiger partial charge is 0.496 e. The van der Waals surface area contributed by atoms with E-state index in [9.17, 15) is 0 Å². The Hall–Kier alpha value is -1.71. The molecule has 2 aromatic rings. The summed E-state index contributed by atoms with van der Waals surface area (Å²) >= 11 is 5.98. The molecule has 0 heterocycles. The molecule has 0 bridgehead atoms. The van der Waals surface area contributed by atoms with Crippen molar-refractivity contribution in [1.29, 1.82) is 0 Å². The van der Waals surface area contributed by atoms with Gasteiger partial charge in [0.15, 0.2) is 0 Å². The molecule has 0 aliphatic heterocycles. The number of hydrogen-bond acceptors (Lipinski definition) is 3. The molecule has 0 saturated carbocycles. The molecule has 2 N–H and O–H groups in total. The quantitative estimate of drug-likeness (QED) is 0.879. The van der Waals surface area contributed by atoms with Crippen molar-refractivity contribution < 1.29 is 9.84 Å². The van der Waals surface area contributed by atoms with Crippen molar-refractivity contribution in [3.05, 3.63) is 58.6 Å². The average molecular weight is 278 g/mol. The van der Waals surface area contributed by atoms with Gasteiger partial charge < -0.3 is 15.2 Å².